The Kier molecular flexibility index (Phi) is 4.71. The molecule has 1 amide bonds. The van der Waals surface area contributed by atoms with Gasteiger partial charge in [0.2, 0.25) is 5.91 Å². The molecule has 0 aliphatic heterocycles. The van der Waals surface area contributed by atoms with Crippen molar-refractivity contribution in [2.45, 2.75) is 27.3 Å². The molecule has 1 rings (SSSR count). The molecule has 0 bridgehead atoms. The van der Waals surface area contributed by atoms with Gasteiger partial charge in [0.1, 0.15) is 5.92 Å². The van der Waals surface area contributed by atoms with E-state index in [4.69, 9.17) is 5.26 Å². The quantitative estimate of drug-likeness (QED) is 0.863. The number of nitriles is 1. The SMILES string of the molecule is Cc1ccccc1CNC(=O)C(C#N)C(C)C. The number of rotatable bonds is 4. The number of aryl methyl sites for hydroxylation is 1. The summed E-state index contributed by atoms with van der Waals surface area (Å²) in [6.45, 7) is 6.24. The lowest BCUT2D eigenvalue weighted by atomic mass is 9.96. The van der Waals surface area contributed by atoms with E-state index in [1.807, 2.05) is 51.1 Å². The Labute approximate surface area is 102 Å². The summed E-state index contributed by atoms with van der Waals surface area (Å²) in [5.74, 6) is -0.721. The van der Waals surface area contributed by atoms with Crippen molar-refractivity contribution in [3.63, 3.8) is 0 Å². The van der Waals surface area contributed by atoms with E-state index in [0.717, 1.165) is 11.1 Å². The third-order valence-corrected chi connectivity index (χ3v) is 2.80. The molecule has 0 aromatic heterocycles. The Balaban J connectivity index is 2.60. The minimum atomic E-state index is -0.570. The van der Waals surface area contributed by atoms with Crippen LogP contribution >= 0.6 is 0 Å². The van der Waals surface area contributed by atoms with Crippen LogP contribution in [0.3, 0.4) is 0 Å². The average molecular weight is 230 g/mol. The summed E-state index contributed by atoms with van der Waals surface area (Å²) in [5, 5.41) is 11.7. The van der Waals surface area contributed by atoms with Crippen LogP contribution in [0.5, 0.6) is 0 Å². The first-order chi connectivity index (χ1) is 8.06. The van der Waals surface area contributed by atoms with Crippen LogP contribution in [0.1, 0.15) is 25.0 Å². The van der Waals surface area contributed by atoms with Gasteiger partial charge in [0.15, 0.2) is 0 Å². The first-order valence-electron chi connectivity index (χ1n) is 5.78. The number of carbonyl (C=O) groups excluding carboxylic acids is 1. The van der Waals surface area contributed by atoms with E-state index in [0.29, 0.717) is 6.54 Å². The normalized spacial score (nSPS) is 11.9. The zero-order valence-electron chi connectivity index (χ0n) is 10.5. The van der Waals surface area contributed by atoms with E-state index >= 15 is 0 Å². The van der Waals surface area contributed by atoms with Crippen LogP contribution in [0.4, 0.5) is 0 Å². The van der Waals surface area contributed by atoms with E-state index in [1.165, 1.54) is 0 Å². The zero-order valence-corrected chi connectivity index (χ0v) is 10.5. The van der Waals surface area contributed by atoms with Gasteiger partial charge < -0.3 is 5.32 Å². The van der Waals surface area contributed by atoms with Crippen molar-refractivity contribution in [3.8, 4) is 6.07 Å². The maximum Gasteiger partial charge on any atom is 0.237 e. The molecule has 0 fully saturated rings. The number of benzene rings is 1. The Hall–Kier alpha value is -1.82. The van der Waals surface area contributed by atoms with Crippen LogP contribution in [0, 0.1) is 30.1 Å². The summed E-state index contributed by atoms with van der Waals surface area (Å²) in [6, 6.07) is 9.93. The molecule has 0 spiro atoms. The summed E-state index contributed by atoms with van der Waals surface area (Å²) < 4.78 is 0. The highest BCUT2D eigenvalue weighted by molar-refractivity contribution is 5.81. The minimum absolute atomic E-state index is 0.0388. The third-order valence-electron chi connectivity index (χ3n) is 2.80. The lowest BCUT2D eigenvalue weighted by molar-refractivity contribution is -0.124. The van der Waals surface area contributed by atoms with Gasteiger partial charge in [0.05, 0.1) is 6.07 Å². The first-order valence-corrected chi connectivity index (χ1v) is 5.78. The topological polar surface area (TPSA) is 52.9 Å². The average Bonchev–Trinajstić information content (AvgIpc) is 2.28. The molecule has 1 unspecified atom stereocenters. The predicted octanol–water partition coefficient (Wildman–Crippen LogP) is 2.41. The Morgan fingerprint density at radius 1 is 1.41 bits per heavy atom. The second-order valence-electron chi connectivity index (χ2n) is 4.50. The van der Waals surface area contributed by atoms with Crippen LogP contribution in [0.25, 0.3) is 0 Å². The largest absolute Gasteiger partial charge is 0.351 e. The Bertz CT molecular complexity index is 432. The fourth-order valence-corrected chi connectivity index (χ4v) is 1.61. The van der Waals surface area contributed by atoms with Crippen molar-refractivity contribution in [3.05, 3.63) is 35.4 Å². The molecule has 3 nitrogen and oxygen atoms in total. The van der Waals surface area contributed by atoms with Gasteiger partial charge in [-0.1, -0.05) is 38.1 Å². The van der Waals surface area contributed by atoms with E-state index < -0.39 is 5.92 Å². The van der Waals surface area contributed by atoms with Crippen LogP contribution < -0.4 is 5.32 Å². The summed E-state index contributed by atoms with van der Waals surface area (Å²) in [6.07, 6.45) is 0. The molecular formula is C14H18N2O. The second-order valence-corrected chi connectivity index (χ2v) is 4.50. The molecule has 17 heavy (non-hydrogen) atoms. The van der Waals surface area contributed by atoms with Crippen molar-refractivity contribution in [1.82, 2.24) is 5.32 Å². The van der Waals surface area contributed by atoms with E-state index in [-0.39, 0.29) is 11.8 Å². The highest BCUT2D eigenvalue weighted by atomic mass is 16.1. The summed E-state index contributed by atoms with van der Waals surface area (Å²) in [4.78, 5) is 11.8. The van der Waals surface area contributed by atoms with Crippen LogP contribution in [-0.2, 0) is 11.3 Å². The highest BCUT2D eigenvalue weighted by Gasteiger charge is 2.21. The summed E-state index contributed by atoms with van der Waals surface area (Å²) in [5.41, 5.74) is 2.23. The fraction of sp³-hybridized carbons (Fsp3) is 0.429. The van der Waals surface area contributed by atoms with Crippen molar-refractivity contribution < 1.29 is 4.79 Å². The zero-order chi connectivity index (χ0) is 12.8. The molecule has 0 aliphatic rings. The van der Waals surface area contributed by atoms with Gasteiger partial charge in [-0.2, -0.15) is 5.26 Å². The molecule has 0 aliphatic carbocycles. The van der Waals surface area contributed by atoms with Gasteiger partial charge in [-0.25, -0.2) is 0 Å². The molecule has 1 aromatic carbocycles. The van der Waals surface area contributed by atoms with E-state index in [9.17, 15) is 4.79 Å². The standard InChI is InChI=1S/C14H18N2O/c1-10(2)13(8-15)14(17)16-9-12-7-5-4-6-11(12)3/h4-7,10,13H,9H2,1-3H3,(H,16,17). The third kappa shape index (κ3) is 3.60. The van der Waals surface area contributed by atoms with E-state index in [1.54, 1.807) is 0 Å². The lowest BCUT2D eigenvalue weighted by Gasteiger charge is -2.13. The van der Waals surface area contributed by atoms with Gasteiger partial charge in [0, 0.05) is 6.54 Å². The van der Waals surface area contributed by atoms with Crippen molar-refractivity contribution in [1.29, 1.82) is 5.26 Å². The number of nitrogens with zero attached hydrogens (tertiary/aromatic N) is 1. The molecule has 90 valence electrons. The molecule has 0 saturated heterocycles. The maximum absolute atomic E-state index is 11.8. The van der Waals surface area contributed by atoms with Crippen molar-refractivity contribution >= 4 is 5.91 Å². The van der Waals surface area contributed by atoms with Gasteiger partial charge in [0.25, 0.3) is 0 Å². The predicted molar refractivity (Wildman–Crippen MR) is 67.0 cm³/mol. The van der Waals surface area contributed by atoms with Crippen LogP contribution in [0.2, 0.25) is 0 Å². The van der Waals surface area contributed by atoms with Gasteiger partial charge in [-0.15, -0.1) is 0 Å². The molecular weight excluding hydrogens is 212 g/mol. The number of amides is 1. The Morgan fingerprint density at radius 2 is 2.06 bits per heavy atom. The number of carbonyl (C=O) groups is 1. The van der Waals surface area contributed by atoms with Crippen molar-refractivity contribution in [2.75, 3.05) is 0 Å². The molecule has 0 saturated carbocycles. The molecule has 3 heteroatoms. The smallest absolute Gasteiger partial charge is 0.237 e. The minimum Gasteiger partial charge on any atom is -0.351 e. The molecule has 1 atom stereocenters. The highest BCUT2D eigenvalue weighted by Crippen LogP contribution is 2.11. The lowest BCUT2D eigenvalue weighted by Crippen LogP contribution is -2.32. The number of hydrogen-bond acceptors (Lipinski definition) is 2. The summed E-state index contributed by atoms with van der Waals surface area (Å²) in [7, 11) is 0. The monoisotopic (exact) mass is 230 g/mol. The van der Waals surface area contributed by atoms with Gasteiger partial charge in [-0.3, -0.25) is 4.79 Å². The van der Waals surface area contributed by atoms with Crippen LogP contribution in [0.15, 0.2) is 24.3 Å². The molecule has 1 aromatic rings. The second kappa shape index (κ2) is 6.05. The molecule has 0 radical (unpaired) electrons. The molecule has 1 N–H and O–H groups in total. The van der Waals surface area contributed by atoms with E-state index in [2.05, 4.69) is 5.32 Å². The van der Waals surface area contributed by atoms with Gasteiger partial charge in [-0.05, 0) is 24.0 Å². The fourth-order valence-electron chi connectivity index (χ4n) is 1.61. The summed E-state index contributed by atoms with van der Waals surface area (Å²) >= 11 is 0. The Morgan fingerprint density at radius 3 is 2.59 bits per heavy atom. The first kappa shape index (κ1) is 13.2. The van der Waals surface area contributed by atoms with Crippen LogP contribution in [-0.4, -0.2) is 5.91 Å². The number of hydrogen-bond donors (Lipinski definition) is 1. The van der Waals surface area contributed by atoms with Crippen molar-refractivity contribution in [2.24, 2.45) is 11.8 Å². The number of nitrogens with one attached hydrogen (secondary N) is 1. The van der Waals surface area contributed by atoms with Gasteiger partial charge >= 0.3 is 0 Å². The molecule has 0 heterocycles. The maximum atomic E-state index is 11.8.